The molecule has 3 N–H and O–H groups in total. The van der Waals surface area contributed by atoms with Crippen molar-refractivity contribution in [1.29, 1.82) is 0 Å². The third-order valence-electron chi connectivity index (χ3n) is 6.61. The highest BCUT2D eigenvalue weighted by molar-refractivity contribution is 5.88. The van der Waals surface area contributed by atoms with E-state index < -0.39 is 29.9 Å². The number of benzene rings is 1. The molecule has 2 heterocycles. The molecule has 4 amide bonds. The molecule has 0 radical (unpaired) electrons. The highest BCUT2D eigenvalue weighted by Crippen LogP contribution is 2.22. The summed E-state index contributed by atoms with van der Waals surface area (Å²) in [6, 6.07) is 3.82. The largest absolute Gasteiger partial charge is 0.447 e. The number of hydrogen-bond acceptors (Lipinski definition) is 6. The molecule has 0 bridgehead atoms. The number of carbonyl (C=O) groups is 5. The van der Waals surface area contributed by atoms with E-state index in [0.717, 1.165) is 0 Å². The number of hydrogen-bond donors (Lipinski definition) is 3. The maximum absolute atomic E-state index is 13.5. The number of halogens is 1. The average molecular weight is 519 g/mol. The van der Waals surface area contributed by atoms with Crippen LogP contribution in [0.2, 0.25) is 0 Å². The van der Waals surface area contributed by atoms with Crippen molar-refractivity contribution >= 4 is 30.1 Å². The molecule has 0 saturated carbocycles. The van der Waals surface area contributed by atoms with Crippen LogP contribution in [0, 0.1) is 17.7 Å². The predicted octanol–water partition coefficient (Wildman–Crippen LogP) is 1.67. The number of nitrogens with zero attached hydrogens (tertiary/aromatic N) is 1. The Hall–Kier alpha value is -3.50. The quantitative estimate of drug-likeness (QED) is 0.361. The molecule has 3 rings (SSSR count). The van der Waals surface area contributed by atoms with Crippen LogP contribution in [0.5, 0.6) is 0 Å². The predicted molar refractivity (Wildman–Crippen MR) is 131 cm³/mol. The van der Waals surface area contributed by atoms with Crippen molar-refractivity contribution in [3.63, 3.8) is 0 Å². The Labute approximate surface area is 215 Å². The monoisotopic (exact) mass is 518 g/mol. The molecule has 0 aliphatic carbocycles. The van der Waals surface area contributed by atoms with Crippen LogP contribution in [0.15, 0.2) is 24.3 Å². The number of ether oxygens (including phenoxy) is 1. The summed E-state index contributed by atoms with van der Waals surface area (Å²) in [6.45, 7) is 4.45. The zero-order valence-corrected chi connectivity index (χ0v) is 21.2. The van der Waals surface area contributed by atoms with Gasteiger partial charge in [0.2, 0.25) is 17.7 Å². The summed E-state index contributed by atoms with van der Waals surface area (Å²) in [5, 5.41) is 7.90. The SMILES string of the molecule is CC(C)C[C@H](NC(=O)OC[C@@H]1CCC(=O)N1Cc1cccc(F)c1)C(=O)N[C@H](C=O)C[C@@H]1CCNC1=O. The Morgan fingerprint density at radius 1 is 1.24 bits per heavy atom. The Bertz CT molecular complexity index is 1000. The lowest BCUT2D eigenvalue weighted by molar-refractivity contribution is -0.130. The lowest BCUT2D eigenvalue weighted by Crippen LogP contribution is -2.51. The van der Waals surface area contributed by atoms with Crippen LogP contribution >= 0.6 is 0 Å². The maximum Gasteiger partial charge on any atom is 0.407 e. The van der Waals surface area contributed by atoms with Gasteiger partial charge in [-0.3, -0.25) is 14.4 Å². The molecular weight excluding hydrogens is 483 g/mol. The van der Waals surface area contributed by atoms with Crippen LogP contribution in [-0.2, 0) is 30.5 Å². The molecule has 10 nitrogen and oxygen atoms in total. The normalized spacial score (nSPS) is 20.9. The summed E-state index contributed by atoms with van der Waals surface area (Å²) in [4.78, 5) is 62.8. The summed E-state index contributed by atoms with van der Waals surface area (Å²) in [5.74, 6) is -1.47. The standard InChI is InChI=1S/C26H35FN4O6/c1-16(2)10-22(25(35)29-20(14-32)12-18-8-9-28-24(18)34)30-26(36)37-15-21-6-7-23(33)31(21)13-17-4-3-5-19(27)11-17/h3-5,11,14,16,18,20-22H,6-10,12-13,15H2,1-2H3,(H,28,34)(H,29,35)(H,30,36)/t18-,20-,21-,22-/m0/s1. The molecule has 1 aromatic carbocycles. The fraction of sp³-hybridized carbons (Fsp3) is 0.577. The van der Waals surface area contributed by atoms with E-state index in [9.17, 15) is 28.4 Å². The fourth-order valence-electron chi connectivity index (χ4n) is 4.68. The lowest BCUT2D eigenvalue weighted by Gasteiger charge is -2.26. The topological polar surface area (TPSA) is 134 Å². The van der Waals surface area contributed by atoms with Crippen LogP contribution < -0.4 is 16.0 Å². The van der Waals surface area contributed by atoms with Crippen molar-refractivity contribution in [2.24, 2.45) is 11.8 Å². The molecule has 1 aromatic rings. The summed E-state index contributed by atoms with van der Waals surface area (Å²) < 4.78 is 18.9. The minimum absolute atomic E-state index is 0.0561. The van der Waals surface area contributed by atoms with Gasteiger partial charge in [-0.15, -0.1) is 0 Å². The van der Waals surface area contributed by atoms with Crippen molar-refractivity contribution in [1.82, 2.24) is 20.9 Å². The lowest BCUT2D eigenvalue weighted by atomic mass is 9.98. The summed E-state index contributed by atoms with van der Waals surface area (Å²) >= 11 is 0. The second-order valence-corrected chi connectivity index (χ2v) is 10.0. The molecular formula is C26H35FN4O6. The molecule has 2 fully saturated rings. The molecule has 202 valence electrons. The van der Waals surface area contributed by atoms with Gasteiger partial charge in [-0.2, -0.15) is 0 Å². The Morgan fingerprint density at radius 2 is 2.03 bits per heavy atom. The van der Waals surface area contributed by atoms with E-state index in [-0.39, 0.29) is 49.3 Å². The molecule has 11 heteroatoms. The number of rotatable bonds is 12. The first-order valence-corrected chi connectivity index (χ1v) is 12.7. The minimum atomic E-state index is -0.944. The number of carbonyl (C=O) groups excluding carboxylic acids is 5. The minimum Gasteiger partial charge on any atom is -0.447 e. The van der Waals surface area contributed by atoms with Gasteiger partial charge in [-0.05, 0) is 49.3 Å². The molecule has 2 aliphatic rings. The Kier molecular flexibility index (Phi) is 9.99. The van der Waals surface area contributed by atoms with E-state index in [0.29, 0.717) is 44.1 Å². The number of likely N-dealkylation sites (tertiary alicyclic amines) is 1. The number of nitrogens with one attached hydrogen (secondary N) is 3. The van der Waals surface area contributed by atoms with Gasteiger partial charge in [-0.25, -0.2) is 9.18 Å². The van der Waals surface area contributed by atoms with Crippen LogP contribution in [0.25, 0.3) is 0 Å². The molecule has 0 aromatic heterocycles. The number of amides is 4. The molecule has 2 aliphatic heterocycles. The molecule has 2 saturated heterocycles. The van der Waals surface area contributed by atoms with Crippen molar-refractivity contribution in [3.8, 4) is 0 Å². The second-order valence-electron chi connectivity index (χ2n) is 10.0. The molecule has 4 atom stereocenters. The smallest absolute Gasteiger partial charge is 0.407 e. The molecule has 0 unspecified atom stereocenters. The van der Waals surface area contributed by atoms with Gasteiger partial charge in [0, 0.05) is 25.4 Å². The van der Waals surface area contributed by atoms with Gasteiger partial charge in [0.05, 0.1) is 12.1 Å². The molecule has 37 heavy (non-hydrogen) atoms. The van der Waals surface area contributed by atoms with E-state index in [1.807, 2.05) is 13.8 Å². The Balaban J connectivity index is 1.54. The zero-order valence-electron chi connectivity index (χ0n) is 21.2. The highest BCUT2D eigenvalue weighted by atomic mass is 19.1. The third-order valence-corrected chi connectivity index (χ3v) is 6.61. The van der Waals surface area contributed by atoms with Gasteiger partial charge < -0.3 is 30.4 Å². The summed E-state index contributed by atoms with van der Waals surface area (Å²) in [6.07, 6.45) is 1.67. The van der Waals surface area contributed by atoms with Crippen molar-refractivity contribution in [2.45, 2.75) is 70.6 Å². The fourth-order valence-corrected chi connectivity index (χ4v) is 4.68. The van der Waals surface area contributed by atoms with E-state index in [4.69, 9.17) is 4.74 Å². The van der Waals surface area contributed by atoms with E-state index in [1.165, 1.54) is 12.1 Å². The van der Waals surface area contributed by atoms with Gasteiger partial charge in [0.15, 0.2) is 0 Å². The van der Waals surface area contributed by atoms with Crippen LogP contribution in [0.3, 0.4) is 0 Å². The van der Waals surface area contributed by atoms with Crippen LogP contribution in [-0.4, -0.2) is 66.3 Å². The van der Waals surface area contributed by atoms with E-state index in [1.54, 1.807) is 17.0 Å². The van der Waals surface area contributed by atoms with Crippen LogP contribution in [0.1, 0.15) is 51.5 Å². The van der Waals surface area contributed by atoms with Crippen molar-refractivity contribution in [3.05, 3.63) is 35.6 Å². The highest BCUT2D eigenvalue weighted by Gasteiger charge is 2.33. The maximum atomic E-state index is 13.5. The Morgan fingerprint density at radius 3 is 2.68 bits per heavy atom. The van der Waals surface area contributed by atoms with E-state index >= 15 is 0 Å². The van der Waals surface area contributed by atoms with Crippen molar-refractivity contribution in [2.75, 3.05) is 13.2 Å². The van der Waals surface area contributed by atoms with Gasteiger partial charge in [0.1, 0.15) is 24.8 Å². The zero-order chi connectivity index (χ0) is 26.9. The van der Waals surface area contributed by atoms with Gasteiger partial charge in [0.25, 0.3) is 0 Å². The number of alkyl carbamates (subject to hydrolysis) is 1. The first-order chi connectivity index (χ1) is 17.7. The average Bonchev–Trinajstić information content (AvgIpc) is 3.41. The van der Waals surface area contributed by atoms with Gasteiger partial charge >= 0.3 is 6.09 Å². The van der Waals surface area contributed by atoms with Crippen molar-refractivity contribution < 1.29 is 33.1 Å². The summed E-state index contributed by atoms with van der Waals surface area (Å²) in [7, 11) is 0. The first kappa shape index (κ1) is 28.1. The first-order valence-electron chi connectivity index (χ1n) is 12.7. The summed E-state index contributed by atoms with van der Waals surface area (Å²) in [5.41, 5.74) is 0.637. The number of aldehydes is 1. The third kappa shape index (κ3) is 8.26. The van der Waals surface area contributed by atoms with Gasteiger partial charge in [-0.1, -0.05) is 26.0 Å². The van der Waals surface area contributed by atoms with E-state index in [2.05, 4.69) is 16.0 Å². The molecule has 0 spiro atoms. The second kappa shape index (κ2) is 13.2. The van der Waals surface area contributed by atoms with Crippen LogP contribution in [0.4, 0.5) is 9.18 Å².